The van der Waals surface area contributed by atoms with Crippen molar-refractivity contribution in [3.05, 3.63) is 59.4 Å². The van der Waals surface area contributed by atoms with E-state index < -0.39 is 18.6 Å². The minimum Gasteiger partial charge on any atom is -0.434 e. The molecule has 1 saturated heterocycles. The number of aromatic nitrogens is 2. The molecule has 4 rings (SSSR count). The quantitative estimate of drug-likeness (QED) is 0.630. The molecule has 2 aromatic carbocycles. The first-order valence-electron chi connectivity index (χ1n) is 10.00. The second-order valence-electron chi connectivity index (χ2n) is 7.45. The Hall–Kier alpha value is -3.49. The highest BCUT2D eigenvalue weighted by Gasteiger charge is 2.35. The number of nitrogens with zero attached hydrogens (tertiary/aromatic N) is 2. The van der Waals surface area contributed by atoms with Gasteiger partial charge in [0.2, 0.25) is 5.91 Å². The van der Waals surface area contributed by atoms with Gasteiger partial charge in [-0.25, -0.2) is 4.98 Å². The number of aromatic amines is 1. The minimum atomic E-state index is -3.04. The first-order valence-corrected chi connectivity index (χ1v) is 10.00. The number of H-pyrrole nitrogens is 1. The number of benzene rings is 2. The number of halogens is 2. The average molecular weight is 428 g/mol. The minimum absolute atomic E-state index is 0.00940. The molecule has 2 heterocycles. The molecule has 31 heavy (non-hydrogen) atoms. The van der Waals surface area contributed by atoms with Gasteiger partial charge in [0.25, 0.3) is 5.91 Å². The molecule has 1 aliphatic heterocycles. The molecule has 1 aliphatic rings. The number of ether oxygens (including phenoxy) is 1. The third-order valence-corrected chi connectivity index (χ3v) is 5.27. The molecule has 162 valence electrons. The average Bonchev–Trinajstić information content (AvgIpc) is 3.38. The van der Waals surface area contributed by atoms with Crippen LogP contribution in [0.1, 0.15) is 34.6 Å². The summed E-state index contributed by atoms with van der Waals surface area (Å²) in [5.41, 5.74) is 2.80. The van der Waals surface area contributed by atoms with E-state index in [4.69, 9.17) is 0 Å². The summed E-state index contributed by atoms with van der Waals surface area (Å²) in [6.45, 7) is -0.503. The topological polar surface area (TPSA) is 87.3 Å². The van der Waals surface area contributed by atoms with Crippen molar-refractivity contribution < 1.29 is 23.1 Å². The van der Waals surface area contributed by atoms with E-state index in [0.717, 1.165) is 16.6 Å². The van der Waals surface area contributed by atoms with E-state index in [1.165, 1.54) is 23.1 Å². The summed E-state index contributed by atoms with van der Waals surface area (Å²) in [4.78, 5) is 34.8. The predicted octanol–water partition coefficient (Wildman–Crippen LogP) is 3.39. The SMILES string of the molecule is Cc1ccc2nc(CNC(=O)C3CCCN3C(=O)c3ccccc3OC(F)F)[nH]c2c1. The van der Waals surface area contributed by atoms with Crippen molar-refractivity contribution in [3.8, 4) is 5.75 Å². The van der Waals surface area contributed by atoms with Crippen LogP contribution in [-0.2, 0) is 11.3 Å². The van der Waals surface area contributed by atoms with E-state index in [2.05, 4.69) is 20.0 Å². The first-order chi connectivity index (χ1) is 14.9. The standard InChI is InChI=1S/C22H22F2N4O3/c1-13-8-9-15-16(11-13)27-19(26-15)12-25-20(29)17-6-4-10-28(17)21(30)14-5-2-3-7-18(14)31-22(23)24/h2-3,5,7-9,11,17,22H,4,6,10,12H2,1H3,(H,25,29)(H,26,27). The summed E-state index contributed by atoms with van der Waals surface area (Å²) >= 11 is 0. The van der Waals surface area contributed by atoms with Gasteiger partial charge in [-0.15, -0.1) is 0 Å². The van der Waals surface area contributed by atoms with Crippen LogP contribution in [0, 0.1) is 6.92 Å². The van der Waals surface area contributed by atoms with Crippen molar-refractivity contribution in [3.63, 3.8) is 0 Å². The zero-order chi connectivity index (χ0) is 22.0. The summed E-state index contributed by atoms with van der Waals surface area (Å²) in [5, 5.41) is 2.82. The number of hydrogen-bond acceptors (Lipinski definition) is 4. The van der Waals surface area contributed by atoms with Gasteiger partial charge >= 0.3 is 6.61 Å². The molecule has 0 radical (unpaired) electrons. The van der Waals surface area contributed by atoms with Gasteiger partial charge < -0.3 is 19.9 Å². The Morgan fingerprint density at radius 3 is 2.90 bits per heavy atom. The molecule has 1 atom stereocenters. The van der Waals surface area contributed by atoms with Gasteiger partial charge in [-0.05, 0) is 49.6 Å². The van der Waals surface area contributed by atoms with Crippen molar-refractivity contribution in [1.29, 1.82) is 0 Å². The first kappa shape index (κ1) is 20.8. The number of imidazole rings is 1. The molecular weight excluding hydrogens is 406 g/mol. The lowest BCUT2D eigenvalue weighted by Gasteiger charge is -2.24. The maximum absolute atomic E-state index is 13.0. The van der Waals surface area contributed by atoms with E-state index in [1.54, 1.807) is 6.07 Å². The van der Waals surface area contributed by atoms with Gasteiger partial charge in [-0.2, -0.15) is 8.78 Å². The van der Waals surface area contributed by atoms with E-state index >= 15 is 0 Å². The molecule has 2 N–H and O–H groups in total. The van der Waals surface area contributed by atoms with Crippen molar-refractivity contribution in [2.45, 2.75) is 39.0 Å². The van der Waals surface area contributed by atoms with Crippen LogP contribution in [0.3, 0.4) is 0 Å². The molecule has 1 fully saturated rings. The Kier molecular flexibility index (Phi) is 5.83. The lowest BCUT2D eigenvalue weighted by molar-refractivity contribution is -0.125. The van der Waals surface area contributed by atoms with Gasteiger partial charge in [-0.3, -0.25) is 9.59 Å². The fourth-order valence-corrected chi connectivity index (χ4v) is 3.83. The number of carbonyl (C=O) groups excluding carboxylic acids is 2. The fraction of sp³-hybridized carbons (Fsp3) is 0.318. The Morgan fingerprint density at radius 2 is 2.10 bits per heavy atom. The molecule has 0 bridgehead atoms. The molecule has 0 saturated carbocycles. The molecule has 1 unspecified atom stereocenters. The van der Waals surface area contributed by atoms with E-state index in [1.807, 2.05) is 25.1 Å². The normalized spacial score (nSPS) is 16.1. The number of rotatable bonds is 6. The van der Waals surface area contributed by atoms with Crippen molar-refractivity contribution in [2.24, 2.45) is 0 Å². The molecule has 1 aromatic heterocycles. The third-order valence-electron chi connectivity index (χ3n) is 5.27. The van der Waals surface area contributed by atoms with Crippen LogP contribution < -0.4 is 10.1 Å². The number of nitrogens with one attached hydrogen (secondary N) is 2. The second kappa shape index (κ2) is 8.71. The van der Waals surface area contributed by atoms with E-state index in [0.29, 0.717) is 25.2 Å². The van der Waals surface area contributed by atoms with Crippen LogP contribution in [0.2, 0.25) is 0 Å². The van der Waals surface area contributed by atoms with Gasteiger partial charge in [-0.1, -0.05) is 18.2 Å². The van der Waals surface area contributed by atoms with Crippen LogP contribution in [0.5, 0.6) is 5.75 Å². The van der Waals surface area contributed by atoms with Gasteiger partial charge in [0.1, 0.15) is 17.6 Å². The second-order valence-corrected chi connectivity index (χ2v) is 7.45. The van der Waals surface area contributed by atoms with E-state index in [-0.39, 0.29) is 23.8 Å². The number of carbonyl (C=O) groups is 2. The van der Waals surface area contributed by atoms with Crippen molar-refractivity contribution >= 4 is 22.8 Å². The van der Waals surface area contributed by atoms with Crippen molar-refractivity contribution in [1.82, 2.24) is 20.2 Å². The van der Waals surface area contributed by atoms with Crippen LogP contribution in [0.15, 0.2) is 42.5 Å². The predicted molar refractivity (Wildman–Crippen MR) is 110 cm³/mol. The monoisotopic (exact) mass is 428 g/mol. The highest BCUT2D eigenvalue weighted by atomic mass is 19.3. The Morgan fingerprint density at radius 1 is 1.29 bits per heavy atom. The number of para-hydroxylation sites is 1. The summed E-state index contributed by atoms with van der Waals surface area (Å²) in [5.74, 6) is -0.408. The van der Waals surface area contributed by atoms with Crippen LogP contribution in [0.4, 0.5) is 8.78 Å². The summed E-state index contributed by atoms with van der Waals surface area (Å²) in [7, 11) is 0. The molecule has 0 aliphatic carbocycles. The fourth-order valence-electron chi connectivity index (χ4n) is 3.83. The van der Waals surface area contributed by atoms with Crippen LogP contribution in [-0.4, -0.2) is 45.9 Å². The number of likely N-dealkylation sites (tertiary alicyclic amines) is 1. The van der Waals surface area contributed by atoms with E-state index in [9.17, 15) is 18.4 Å². The molecule has 9 heteroatoms. The zero-order valence-corrected chi connectivity index (χ0v) is 16.9. The highest BCUT2D eigenvalue weighted by molar-refractivity contribution is 6.00. The zero-order valence-electron chi connectivity index (χ0n) is 16.9. The largest absolute Gasteiger partial charge is 0.434 e. The Bertz CT molecular complexity index is 1120. The Balaban J connectivity index is 1.45. The lowest BCUT2D eigenvalue weighted by Crippen LogP contribution is -2.45. The number of hydrogen-bond donors (Lipinski definition) is 2. The van der Waals surface area contributed by atoms with Crippen LogP contribution in [0.25, 0.3) is 11.0 Å². The van der Waals surface area contributed by atoms with Crippen LogP contribution >= 0.6 is 0 Å². The smallest absolute Gasteiger partial charge is 0.387 e. The van der Waals surface area contributed by atoms with Crippen molar-refractivity contribution in [2.75, 3.05) is 6.54 Å². The Labute approximate surface area is 177 Å². The highest BCUT2D eigenvalue weighted by Crippen LogP contribution is 2.26. The number of aryl methyl sites for hydroxylation is 1. The molecule has 2 amide bonds. The summed E-state index contributed by atoms with van der Waals surface area (Å²) in [6.07, 6.45) is 1.14. The third kappa shape index (κ3) is 4.50. The van der Waals surface area contributed by atoms with Gasteiger partial charge in [0, 0.05) is 6.54 Å². The number of alkyl halides is 2. The summed E-state index contributed by atoms with van der Waals surface area (Å²) in [6, 6.07) is 11.0. The maximum Gasteiger partial charge on any atom is 0.387 e. The molecule has 0 spiro atoms. The maximum atomic E-state index is 13.0. The molecule has 7 nitrogen and oxygen atoms in total. The molecule has 3 aromatic rings. The number of amides is 2. The lowest BCUT2D eigenvalue weighted by atomic mass is 10.1. The van der Waals surface area contributed by atoms with Gasteiger partial charge in [0.15, 0.2) is 0 Å². The summed E-state index contributed by atoms with van der Waals surface area (Å²) < 4.78 is 29.8. The molecular formula is C22H22F2N4O3. The number of fused-ring (bicyclic) bond motifs is 1. The van der Waals surface area contributed by atoms with Gasteiger partial charge in [0.05, 0.1) is 23.1 Å².